The molecule has 3 rings (SSSR count). The molecule has 3 aromatic rings. The van der Waals surface area contributed by atoms with E-state index in [-0.39, 0.29) is 18.7 Å². The Morgan fingerprint density at radius 1 is 0.966 bits per heavy atom. The van der Waals surface area contributed by atoms with Gasteiger partial charge < -0.3 is 20.5 Å². The van der Waals surface area contributed by atoms with Crippen molar-refractivity contribution >= 4 is 11.7 Å². The molecule has 0 radical (unpaired) electrons. The number of hydrogen-bond acceptors (Lipinski definition) is 4. The zero-order valence-corrected chi connectivity index (χ0v) is 15.7. The lowest BCUT2D eigenvalue weighted by Crippen LogP contribution is -2.41. The van der Waals surface area contributed by atoms with Crippen molar-refractivity contribution in [2.24, 2.45) is 0 Å². The van der Waals surface area contributed by atoms with E-state index < -0.39 is 0 Å². The fourth-order valence-electron chi connectivity index (χ4n) is 2.75. The summed E-state index contributed by atoms with van der Waals surface area (Å²) in [6, 6.07) is 24.7. The number of nitriles is 1. The second-order valence-corrected chi connectivity index (χ2v) is 6.43. The van der Waals surface area contributed by atoms with Crippen LogP contribution in [0.25, 0.3) is 0 Å². The number of carbonyl (C=O) groups excluding carboxylic acids is 1. The van der Waals surface area contributed by atoms with Crippen LogP contribution < -0.4 is 15.4 Å². The summed E-state index contributed by atoms with van der Waals surface area (Å²) in [5.41, 5.74) is 2.21. The van der Waals surface area contributed by atoms with Gasteiger partial charge in [0.1, 0.15) is 11.5 Å². The predicted octanol–water partition coefficient (Wildman–Crippen LogP) is 4.08. The zero-order chi connectivity index (χ0) is 20.5. The van der Waals surface area contributed by atoms with Crippen LogP contribution in [-0.4, -0.2) is 23.8 Å². The van der Waals surface area contributed by atoms with Crippen molar-refractivity contribution in [3.8, 4) is 17.6 Å². The normalized spacial score (nSPS) is 11.2. The smallest absolute Gasteiger partial charge is 0.319 e. The van der Waals surface area contributed by atoms with Crippen LogP contribution in [0.1, 0.15) is 11.1 Å². The maximum Gasteiger partial charge on any atom is 0.319 e. The number of aliphatic hydroxyl groups excluding tert-OH is 1. The highest BCUT2D eigenvalue weighted by atomic mass is 16.5. The van der Waals surface area contributed by atoms with Gasteiger partial charge in [0.25, 0.3) is 0 Å². The highest BCUT2D eigenvalue weighted by Crippen LogP contribution is 2.23. The molecule has 6 heteroatoms. The molecular weight excluding hydrogens is 366 g/mol. The Hall–Kier alpha value is -3.82. The fourth-order valence-corrected chi connectivity index (χ4v) is 2.75. The number of urea groups is 1. The minimum Gasteiger partial charge on any atom is -0.457 e. The van der Waals surface area contributed by atoms with Gasteiger partial charge in [-0.05, 0) is 60.5 Å². The van der Waals surface area contributed by atoms with Gasteiger partial charge in [-0.25, -0.2) is 4.79 Å². The predicted molar refractivity (Wildman–Crippen MR) is 111 cm³/mol. The van der Waals surface area contributed by atoms with E-state index in [2.05, 4.69) is 16.7 Å². The summed E-state index contributed by atoms with van der Waals surface area (Å²) < 4.78 is 5.72. The van der Waals surface area contributed by atoms with Crippen LogP contribution in [0.5, 0.6) is 11.5 Å². The first-order chi connectivity index (χ1) is 14.2. The number of aliphatic hydroxyl groups is 1. The summed E-state index contributed by atoms with van der Waals surface area (Å²) in [6.45, 7) is -0.153. The van der Waals surface area contributed by atoms with Gasteiger partial charge in [0.05, 0.1) is 24.3 Å². The van der Waals surface area contributed by atoms with Gasteiger partial charge in [-0.3, -0.25) is 0 Å². The molecule has 0 bridgehead atoms. The van der Waals surface area contributed by atoms with Crippen molar-refractivity contribution in [3.63, 3.8) is 0 Å². The van der Waals surface area contributed by atoms with E-state index in [1.54, 1.807) is 48.5 Å². The third-order valence-corrected chi connectivity index (χ3v) is 4.21. The van der Waals surface area contributed by atoms with Gasteiger partial charge in [0.15, 0.2) is 0 Å². The molecule has 0 aromatic heterocycles. The van der Waals surface area contributed by atoms with Crippen molar-refractivity contribution in [1.29, 1.82) is 5.26 Å². The molecule has 0 aliphatic carbocycles. The standard InChI is InChI=1S/C23H21N3O3/c24-15-18-6-10-21(11-7-18)29-22-12-8-19(9-13-22)25-23(28)26-20(16-27)14-17-4-2-1-3-5-17/h1-13,20,27H,14,16H2,(H2,25,26,28). The van der Waals surface area contributed by atoms with Gasteiger partial charge in [-0.1, -0.05) is 30.3 Å². The Morgan fingerprint density at radius 3 is 2.17 bits per heavy atom. The lowest BCUT2D eigenvalue weighted by atomic mass is 10.1. The molecule has 29 heavy (non-hydrogen) atoms. The first kappa shape index (κ1) is 19.9. The minimum absolute atomic E-state index is 0.153. The number of amides is 2. The highest BCUT2D eigenvalue weighted by molar-refractivity contribution is 5.89. The number of hydrogen-bond donors (Lipinski definition) is 3. The van der Waals surface area contributed by atoms with Crippen LogP contribution in [-0.2, 0) is 6.42 Å². The van der Waals surface area contributed by atoms with Gasteiger partial charge in [-0.15, -0.1) is 0 Å². The maximum absolute atomic E-state index is 12.2. The monoisotopic (exact) mass is 387 g/mol. The summed E-state index contributed by atoms with van der Waals surface area (Å²) in [5.74, 6) is 1.23. The lowest BCUT2D eigenvalue weighted by Gasteiger charge is -2.17. The Bertz CT molecular complexity index is 965. The van der Waals surface area contributed by atoms with E-state index in [9.17, 15) is 9.90 Å². The van der Waals surface area contributed by atoms with Crippen LogP contribution in [0.15, 0.2) is 78.9 Å². The minimum atomic E-state index is -0.388. The molecule has 2 amide bonds. The number of ether oxygens (including phenoxy) is 1. The molecule has 0 saturated carbocycles. The van der Waals surface area contributed by atoms with Gasteiger partial charge in [0.2, 0.25) is 0 Å². The third-order valence-electron chi connectivity index (χ3n) is 4.21. The Morgan fingerprint density at radius 2 is 1.59 bits per heavy atom. The van der Waals surface area contributed by atoms with Crippen LogP contribution >= 0.6 is 0 Å². The molecule has 0 heterocycles. The van der Waals surface area contributed by atoms with E-state index >= 15 is 0 Å². The number of rotatable bonds is 7. The van der Waals surface area contributed by atoms with Crippen LogP contribution in [0.3, 0.4) is 0 Å². The van der Waals surface area contributed by atoms with E-state index in [0.717, 1.165) is 5.56 Å². The average Bonchev–Trinajstić information content (AvgIpc) is 2.76. The molecule has 146 valence electrons. The van der Waals surface area contributed by atoms with Crippen molar-refractivity contribution in [1.82, 2.24) is 5.32 Å². The highest BCUT2D eigenvalue weighted by Gasteiger charge is 2.12. The molecule has 6 nitrogen and oxygen atoms in total. The summed E-state index contributed by atoms with van der Waals surface area (Å²) in [7, 11) is 0. The van der Waals surface area contributed by atoms with Crippen LogP contribution in [0, 0.1) is 11.3 Å². The van der Waals surface area contributed by atoms with E-state index in [1.165, 1.54) is 0 Å². The van der Waals surface area contributed by atoms with Crippen LogP contribution in [0.4, 0.5) is 10.5 Å². The van der Waals surface area contributed by atoms with Crippen LogP contribution in [0.2, 0.25) is 0 Å². The van der Waals surface area contributed by atoms with Gasteiger partial charge in [-0.2, -0.15) is 5.26 Å². The summed E-state index contributed by atoms with van der Waals surface area (Å²) >= 11 is 0. The van der Waals surface area contributed by atoms with Crippen molar-refractivity contribution in [2.45, 2.75) is 12.5 Å². The molecule has 3 aromatic carbocycles. The number of nitrogens with one attached hydrogen (secondary N) is 2. The lowest BCUT2D eigenvalue weighted by molar-refractivity contribution is 0.224. The number of nitrogens with zero attached hydrogens (tertiary/aromatic N) is 1. The number of anilines is 1. The molecule has 0 saturated heterocycles. The first-order valence-electron chi connectivity index (χ1n) is 9.16. The molecule has 1 unspecified atom stereocenters. The molecule has 1 atom stereocenters. The molecule has 0 aliphatic heterocycles. The summed E-state index contributed by atoms with van der Waals surface area (Å²) in [5, 5.41) is 23.9. The SMILES string of the molecule is N#Cc1ccc(Oc2ccc(NC(=O)NC(CO)Cc3ccccc3)cc2)cc1. The third kappa shape index (κ3) is 6.09. The van der Waals surface area contributed by atoms with Crippen molar-refractivity contribution in [2.75, 3.05) is 11.9 Å². The second-order valence-electron chi connectivity index (χ2n) is 6.43. The summed E-state index contributed by atoms with van der Waals surface area (Å²) in [4.78, 5) is 12.2. The zero-order valence-electron chi connectivity index (χ0n) is 15.7. The average molecular weight is 387 g/mol. The topological polar surface area (TPSA) is 94.4 Å². The Labute approximate surface area is 169 Å². The second kappa shape index (κ2) is 9.93. The first-order valence-corrected chi connectivity index (χ1v) is 9.16. The molecular formula is C23H21N3O3. The summed E-state index contributed by atoms with van der Waals surface area (Å²) in [6.07, 6.45) is 0.544. The molecule has 0 spiro atoms. The Balaban J connectivity index is 1.52. The number of benzene rings is 3. The van der Waals surface area contributed by atoms with E-state index in [0.29, 0.717) is 29.2 Å². The number of carbonyl (C=O) groups is 1. The largest absolute Gasteiger partial charge is 0.457 e. The van der Waals surface area contributed by atoms with E-state index in [4.69, 9.17) is 10.00 Å². The van der Waals surface area contributed by atoms with Crippen molar-refractivity contribution < 1.29 is 14.6 Å². The maximum atomic E-state index is 12.2. The fraction of sp³-hybridized carbons (Fsp3) is 0.130. The molecule has 0 aliphatic rings. The van der Waals surface area contributed by atoms with E-state index in [1.807, 2.05) is 30.3 Å². The molecule has 3 N–H and O–H groups in total. The van der Waals surface area contributed by atoms with Crippen molar-refractivity contribution in [3.05, 3.63) is 90.0 Å². The van der Waals surface area contributed by atoms with Gasteiger partial charge in [0, 0.05) is 5.69 Å². The molecule has 0 fully saturated rings. The quantitative estimate of drug-likeness (QED) is 0.569. The Kier molecular flexibility index (Phi) is 6.82. The van der Waals surface area contributed by atoms with Gasteiger partial charge >= 0.3 is 6.03 Å².